The number of aromatic nitrogens is 2. The summed E-state index contributed by atoms with van der Waals surface area (Å²) in [4.78, 5) is 22.8. The Balaban J connectivity index is 2.00. The smallest absolute Gasteiger partial charge is 0.265 e. The number of hydrogen-bond acceptors (Lipinski definition) is 5. The zero-order valence-electron chi connectivity index (χ0n) is 12.7. The topological polar surface area (TPSA) is 64.6 Å². The molecule has 6 nitrogen and oxygen atoms in total. The lowest BCUT2D eigenvalue weighted by Gasteiger charge is -2.23. The number of nitrogens with zero attached hydrogens (tertiary/aromatic N) is 3. The summed E-state index contributed by atoms with van der Waals surface area (Å²) in [6.07, 6.45) is 1.32. The maximum absolute atomic E-state index is 13.0. The maximum Gasteiger partial charge on any atom is 0.265 e. The van der Waals surface area contributed by atoms with Crippen molar-refractivity contribution in [3.63, 3.8) is 0 Å². The van der Waals surface area contributed by atoms with Crippen LogP contribution >= 0.6 is 0 Å². The van der Waals surface area contributed by atoms with Crippen LogP contribution in [0.4, 0.5) is 0 Å². The zero-order valence-corrected chi connectivity index (χ0v) is 12.7. The molecule has 22 heavy (non-hydrogen) atoms. The molecule has 6 heteroatoms. The fourth-order valence-corrected chi connectivity index (χ4v) is 2.81. The Labute approximate surface area is 128 Å². The van der Waals surface area contributed by atoms with Crippen molar-refractivity contribution < 1.29 is 14.3 Å². The van der Waals surface area contributed by atoms with Gasteiger partial charge in [0.05, 0.1) is 20.3 Å². The van der Waals surface area contributed by atoms with Gasteiger partial charge in [-0.05, 0) is 18.1 Å². The summed E-state index contributed by atoms with van der Waals surface area (Å²) in [6.45, 7) is 2.56. The third-order valence-corrected chi connectivity index (χ3v) is 3.95. The fraction of sp³-hybridized carbons (Fsp3) is 0.312. The molecule has 0 N–H and O–H groups in total. The van der Waals surface area contributed by atoms with Crippen molar-refractivity contribution in [3.05, 3.63) is 47.3 Å². The molecular formula is C16H17N3O3. The number of hydrogen-bond donors (Lipinski definition) is 0. The first kappa shape index (κ1) is 14.3. The Hall–Kier alpha value is -2.63. The van der Waals surface area contributed by atoms with E-state index in [-0.39, 0.29) is 29.3 Å². The van der Waals surface area contributed by atoms with Crippen LogP contribution in [0.5, 0.6) is 11.8 Å². The number of methoxy groups -OCH3 is 2. The fourth-order valence-electron chi connectivity index (χ4n) is 2.81. The summed E-state index contributed by atoms with van der Waals surface area (Å²) in [5.74, 6) is 0.248. The third kappa shape index (κ3) is 2.16. The molecule has 2 heterocycles. The molecule has 0 bridgehead atoms. The van der Waals surface area contributed by atoms with Gasteiger partial charge < -0.3 is 14.4 Å². The zero-order chi connectivity index (χ0) is 15.7. The van der Waals surface area contributed by atoms with Crippen molar-refractivity contribution in [2.45, 2.75) is 19.5 Å². The molecule has 1 aliphatic heterocycles. The van der Waals surface area contributed by atoms with E-state index >= 15 is 0 Å². The Morgan fingerprint density at radius 1 is 1.18 bits per heavy atom. The molecule has 0 saturated heterocycles. The molecule has 0 radical (unpaired) electrons. The van der Waals surface area contributed by atoms with Crippen LogP contribution in [0.3, 0.4) is 0 Å². The molecule has 1 amide bonds. The first-order chi connectivity index (χ1) is 10.7. The molecule has 2 aromatic rings. The highest BCUT2D eigenvalue weighted by Gasteiger charge is 2.34. The van der Waals surface area contributed by atoms with Gasteiger partial charge in [-0.15, -0.1) is 0 Å². The van der Waals surface area contributed by atoms with E-state index in [1.807, 2.05) is 31.2 Å². The van der Waals surface area contributed by atoms with Crippen molar-refractivity contribution in [1.82, 2.24) is 14.9 Å². The van der Waals surface area contributed by atoms with Crippen molar-refractivity contribution in [2.75, 3.05) is 14.2 Å². The maximum atomic E-state index is 13.0. The summed E-state index contributed by atoms with van der Waals surface area (Å²) < 4.78 is 10.4. The van der Waals surface area contributed by atoms with Gasteiger partial charge in [0, 0.05) is 6.54 Å². The van der Waals surface area contributed by atoms with Gasteiger partial charge in [0.2, 0.25) is 11.8 Å². The van der Waals surface area contributed by atoms with Gasteiger partial charge in [-0.25, -0.2) is 9.97 Å². The van der Waals surface area contributed by atoms with E-state index in [0.29, 0.717) is 6.54 Å². The molecule has 1 aromatic heterocycles. The average molecular weight is 299 g/mol. The van der Waals surface area contributed by atoms with Crippen LogP contribution in [-0.2, 0) is 6.54 Å². The SMILES string of the molecule is COc1ncnc(OC)c1C(=O)N1Cc2ccccc2C1C. The number of carbonyl (C=O) groups is 1. The largest absolute Gasteiger partial charge is 0.480 e. The van der Waals surface area contributed by atoms with Crippen molar-refractivity contribution >= 4 is 5.91 Å². The van der Waals surface area contributed by atoms with Crippen LogP contribution in [0.1, 0.15) is 34.5 Å². The number of benzene rings is 1. The summed E-state index contributed by atoms with van der Waals surface area (Å²) in [5, 5.41) is 0. The predicted molar refractivity (Wildman–Crippen MR) is 79.9 cm³/mol. The molecule has 0 fully saturated rings. The van der Waals surface area contributed by atoms with Gasteiger partial charge >= 0.3 is 0 Å². The number of carbonyl (C=O) groups excluding carboxylic acids is 1. The number of fused-ring (bicyclic) bond motifs is 1. The van der Waals surface area contributed by atoms with Crippen LogP contribution in [-0.4, -0.2) is 35.0 Å². The molecule has 0 spiro atoms. The molecule has 0 saturated carbocycles. The normalized spacial score (nSPS) is 16.3. The second kappa shape index (κ2) is 5.63. The molecular weight excluding hydrogens is 282 g/mol. The lowest BCUT2D eigenvalue weighted by molar-refractivity contribution is 0.0696. The molecule has 0 aliphatic carbocycles. The van der Waals surface area contributed by atoms with Gasteiger partial charge in [-0.2, -0.15) is 0 Å². The van der Waals surface area contributed by atoms with Gasteiger partial charge in [-0.3, -0.25) is 4.79 Å². The molecule has 1 aromatic carbocycles. The van der Waals surface area contributed by atoms with Gasteiger partial charge in [0.25, 0.3) is 5.91 Å². The molecule has 1 unspecified atom stereocenters. The standard InChI is InChI=1S/C16H17N3O3/c1-10-12-7-5-4-6-11(12)8-19(10)16(20)13-14(21-2)17-9-18-15(13)22-3/h4-7,9-10H,8H2,1-3H3. The van der Waals surface area contributed by atoms with Crippen molar-refractivity contribution in [3.8, 4) is 11.8 Å². The van der Waals surface area contributed by atoms with Crippen molar-refractivity contribution in [2.24, 2.45) is 0 Å². The van der Waals surface area contributed by atoms with Crippen molar-refractivity contribution in [1.29, 1.82) is 0 Å². The predicted octanol–water partition coefficient (Wildman–Crippen LogP) is 2.21. The average Bonchev–Trinajstić information content (AvgIpc) is 2.90. The summed E-state index contributed by atoms with van der Waals surface area (Å²) in [5.41, 5.74) is 2.57. The minimum Gasteiger partial charge on any atom is -0.480 e. The summed E-state index contributed by atoms with van der Waals surface area (Å²) in [7, 11) is 2.95. The second-order valence-corrected chi connectivity index (χ2v) is 5.08. The van der Waals surface area contributed by atoms with Crippen LogP contribution in [0.2, 0.25) is 0 Å². The highest BCUT2D eigenvalue weighted by Crippen LogP contribution is 2.36. The Bertz CT molecular complexity index is 695. The van der Waals surface area contributed by atoms with E-state index in [1.165, 1.54) is 20.5 Å². The van der Waals surface area contributed by atoms with Gasteiger partial charge in [0.1, 0.15) is 6.33 Å². The van der Waals surface area contributed by atoms with E-state index in [1.54, 1.807) is 4.90 Å². The quantitative estimate of drug-likeness (QED) is 0.869. The van der Waals surface area contributed by atoms with Gasteiger partial charge in [0.15, 0.2) is 5.56 Å². The van der Waals surface area contributed by atoms with Crippen LogP contribution in [0.15, 0.2) is 30.6 Å². The molecule has 3 rings (SSSR count). The third-order valence-electron chi connectivity index (χ3n) is 3.95. The van der Waals surface area contributed by atoms with Crippen LogP contribution in [0.25, 0.3) is 0 Å². The van der Waals surface area contributed by atoms with E-state index in [9.17, 15) is 4.79 Å². The number of ether oxygens (including phenoxy) is 2. The monoisotopic (exact) mass is 299 g/mol. The van der Waals surface area contributed by atoms with E-state index in [2.05, 4.69) is 9.97 Å². The highest BCUT2D eigenvalue weighted by atomic mass is 16.5. The molecule has 1 aliphatic rings. The Morgan fingerprint density at radius 3 is 2.41 bits per heavy atom. The Kier molecular flexibility index (Phi) is 3.66. The highest BCUT2D eigenvalue weighted by molar-refractivity contribution is 5.99. The van der Waals surface area contributed by atoms with E-state index in [0.717, 1.165) is 11.1 Å². The van der Waals surface area contributed by atoms with Crippen LogP contribution in [0, 0.1) is 0 Å². The van der Waals surface area contributed by atoms with E-state index in [4.69, 9.17) is 9.47 Å². The van der Waals surface area contributed by atoms with E-state index < -0.39 is 0 Å². The Morgan fingerprint density at radius 2 is 1.82 bits per heavy atom. The lowest BCUT2D eigenvalue weighted by atomic mass is 10.1. The molecule has 114 valence electrons. The number of amides is 1. The minimum atomic E-state index is -0.196. The number of rotatable bonds is 3. The first-order valence-corrected chi connectivity index (χ1v) is 6.99. The van der Waals surface area contributed by atoms with Gasteiger partial charge in [-0.1, -0.05) is 24.3 Å². The minimum absolute atomic E-state index is 0.0154. The lowest BCUT2D eigenvalue weighted by Crippen LogP contribution is -2.29. The first-order valence-electron chi connectivity index (χ1n) is 6.99. The second-order valence-electron chi connectivity index (χ2n) is 5.08. The summed E-state index contributed by atoms with van der Waals surface area (Å²) in [6, 6.07) is 8.03. The van der Waals surface area contributed by atoms with Crippen LogP contribution < -0.4 is 9.47 Å². The summed E-state index contributed by atoms with van der Waals surface area (Å²) >= 11 is 0. The molecule has 1 atom stereocenters.